The number of aryl methyl sites for hydroxylation is 3. The molecule has 1 atom stereocenters. The molecule has 0 amide bonds. The fourth-order valence-electron chi connectivity index (χ4n) is 2.77. The third-order valence-electron chi connectivity index (χ3n) is 4.18. The van der Waals surface area contributed by atoms with Crippen molar-refractivity contribution in [1.82, 2.24) is 10.1 Å². The van der Waals surface area contributed by atoms with Crippen LogP contribution in [-0.2, 0) is 11.2 Å². The summed E-state index contributed by atoms with van der Waals surface area (Å²) >= 11 is 1.69. The Balaban J connectivity index is 1.59. The monoisotopic (exact) mass is 356 g/mol. The lowest BCUT2D eigenvalue weighted by atomic mass is 10.1. The molecule has 1 aliphatic rings. The molecule has 1 aromatic carbocycles. The van der Waals surface area contributed by atoms with Gasteiger partial charge < -0.3 is 14.0 Å². The zero-order valence-corrected chi connectivity index (χ0v) is 15.4. The number of rotatable bonds is 6. The van der Waals surface area contributed by atoms with E-state index in [0.717, 1.165) is 40.3 Å². The molecule has 0 radical (unpaired) electrons. The molecule has 3 aromatic rings. The number of hydrogen-bond donors (Lipinski definition) is 0. The smallest absolute Gasteiger partial charge is 0.268 e. The minimum absolute atomic E-state index is 0.247. The predicted octanol–water partition coefficient (Wildman–Crippen LogP) is 4.42. The van der Waals surface area contributed by atoms with Crippen molar-refractivity contribution in [3.8, 4) is 27.9 Å². The highest BCUT2D eigenvalue weighted by molar-refractivity contribution is 7.15. The van der Waals surface area contributed by atoms with Crippen molar-refractivity contribution in [2.45, 2.75) is 33.3 Å². The molecule has 0 N–H and O–H groups in total. The van der Waals surface area contributed by atoms with E-state index in [1.807, 2.05) is 32.0 Å². The van der Waals surface area contributed by atoms with Gasteiger partial charge >= 0.3 is 0 Å². The molecule has 25 heavy (non-hydrogen) atoms. The number of benzene rings is 1. The SMILES string of the molecule is CCc1ccc(-c2nc(-c3cc(C)c(OCC4CO4)c(C)c3)no2)s1. The molecule has 1 fully saturated rings. The summed E-state index contributed by atoms with van der Waals surface area (Å²) in [6.07, 6.45) is 1.26. The summed E-state index contributed by atoms with van der Waals surface area (Å²) in [5.41, 5.74) is 3.06. The van der Waals surface area contributed by atoms with Gasteiger partial charge in [0.2, 0.25) is 5.82 Å². The molecule has 0 saturated carbocycles. The average Bonchev–Trinajstić information content (AvgIpc) is 3.11. The normalized spacial score (nSPS) is 16.2. The molecule has 1 saturated heterocycles. The lowest BCUT2D eigenvalue weighted by Crippen LogP contribution is -2.06. The van der Waals surface area contributed by atoms with Crippen LogP contribution in [0.2, 0.25) is 0 Å². The van der Waals surface area contributed by atoms with E-state index in [1.165, 1.54) is 4.88 Å². The third-order valence-corrected chi connectivity index (χ3v) is 5.40. The van der Waals surface area contributed by atoms with Crippen LogP contribution in [0.25, 0.3) is 22.2 Å². The third kappa shape index (κ3) is 3.45. The maximum atomic E-state index is 5.88. The Labute approximate surface area is 150 Å². The van der Waals surface area contributed by atoms with E-state index in [-0.39, 0.29) is 6.10 Å². The van der Waals surface area contributed by atoms with Gasteiger partial charge in [-0.15, -0.1) is 11.3 Å². The van der Waals surface area contributed by atoms with Crippen LogP contribution in [0.1, 0.15) is 22.9 Å². The van der Waals surface area contributed by atoms with Gasteiger partial charge in [0.1, 0.15) is 18.5 Å². The highest BCUT2D eigenvalue weighted by atomic mass is 32.1. The van der Waals surface area contributed by atoms with Crippen molar-refractivity contribution < 1.29 is 14.0 Å². The van der Waals surface area contributed by atoms with Gasteiger partial charge in [0.25, 0.3) is 5.89 Å². The summed E-state index contributed by atoms with van der Waals surface area (Å²) in [7, 11) is 0. The van der Waals surface area contributed by atoms with Crippen molar-refractivity contribution in [1.29, 1.82) is 0 Å². The molecule has 2 aromatic heterocycles. The number of aromatic nitrogens is 2. The Hall–Kier alpha value is -2.18. The molecule has 5 nitrogen and oxygen atoms in total. The Morgan fingerprint density at radius 3 is 2.64 bits per heavy atom. The summed E-state index contributed by atoms with van der Waals surface area (Å²) in [4.78, 5) is 6.88. The van der Waals surface area contributed by atoms with E-state index in [2.05, 4.69) is 23.1 Å². The van der Waals surface area contributed by atoms with Crippen molar-refractivity contribution in [2.24, 2.45) is 0 Å². The molecule has 6 heteroatoms. The maximum absolute atomic E-state index is 5.88. The quantitative estimate of drug-likeness (QED) is 0.612. The Bertz CT molecular complexity index is 873. The highest BCUT2D eigenvalue weighted by Crippen LogP contribution is 2.32. The molecule has 0 spiro atoms. The summed E-state index contributed by atoms with van der Waals surface area (Å²) in [5, 5.41) is 4.15. The Kier molecular flexibility index (Phi) is 4.31. The van der Waals surface area contributed by atoms with Crippen LogP contribution in [0.3, 0.4) is 0 Å². The maximum Gasteiger partial charge on any atom is 0.268 e. The lowest BCUT2D eigenvalue weighted by molar-refractivity contribution is 0.260. The number of hydrogen-bond acceptors (Lipinski definition) is 6. The summed E-state index contributed by atoms with van der Waals surface area (Å²) in [5.74, 6) is 2.08. The first-order chi connectivity index (χ1) is 12.1. The van der Waals surface area contributed by atoms with E-state index >= 15 is 0 Å². The lowest BCUT2D eigenvalue weighted by Gasteiger charge is -2.12. The first-order valence-corrected chi connectivity index (χ1v) is 9.24. The first kappa shape index (κ1) is 16.3. The molecule has 3 heterocycles. The van der Waals surface area contributed by atoms with Gasteiger partial charge in [-0.2, -0.15) is 4.98 Å². The summed E-state index contributed by atoms with van der Waals surface area (Å²) < 4.78 is 16.5. The van der Waals surface area contributed by atoms with E-state index in [4.69, 9.17) is 14.0 Å². The molecule has 0 aliphatic carbocycles. The van der Waals surface area contributed by atoms with Gasteiger partial charge in [0, 0.05) is 10.4 Å². The molecular weight excluding hydrogens is 336 g/mol. The van der Waals surface area contributed by atoms with Gasteiger partial charge in [0.15, 0.2) is 0 Å². The number of nitrogens with zero attached hydrogens (tertiary/aromatic N) is 2. The van der Waals surface area contributed by atoms with Crippen LogP contribution in [0.4, 0.5) is 0 Å². The van der Waals surface area contributed by atoms with Crippen LogP contribution in [0.5, 0.6) is 5.75 Å². The average molecular weight is 356 g/mol. The first-order valence-electron chi connectivity index (χ1n) is 8.43. The fourth-order valence-corrected chi connectivity index (χ4v) is 3.64. The van der Waals surface area contributed by atoms with Gasteiger partial charge in [-0.05, 0) is 55.7 Å². The van der Waals surface area contributed by atoms with Gasteiger partial charge in [-0.3, -0.25) is 0 Å². The zero-order valence-electron chi connectivity index (χ0n) is 14.5. The summed E-state index contributed by atoms with van der Waals surface area (Å²) in [6, 6.07) is 8.22. The van der Waals surface area contributed by atoms with Crippen LogP contribution >= 0.6 is 11.3 Å². The van der Waals surface area contributed by atoms with E-state index in [9.17, 15) is 0 Å². The molecule has 0 bridgehead atoms. The van der Waals surface area contributed by atoms with E-state index < -0.39 is 0 Å². The largest absolute Gasteiger partial charge is 0.490 e. The van der Waals surface area contributed by atoms with Crippen molar-refractivity contribution in [3.05, 3.63) is 40.3 Å². The van der Waals surface area contributed by atoms with E-state index in [0.29, 0.717) is 18.3 Å². The Morgan fingerprint density at radius 1 is 1.24 bits per heavy atom. The second kappa shape index (κ2) is 6.61. The Morgan fingerprint density at radius 2 is 2.00 bits per heavy atom. The molecule has 1 unspecified atom stereocenters. The van der Waals surface area contributed by atoms with Crippen molar-refractivity contribution in [3.63, 3.8) is 0 Å². The number of epoxide rings is 1. The number of ether oxygens (including phenoxy) is 2. The minimum Gasteiger partial charge on any atom is -0.490 e. The van der Waals surface area contributed by atoms with Crippen molar-refractivity contribution in [2.75, 3.05) is 13.2 Å². The summed E-state index contributed by atoms with van der Waals surface area (Å²) in [6.45, 7) is 7.61. The van der Waals surface area contributed by atoms with Crippen molar-refractivity contribution >= 4 is 11.3 Å². The van der Waals surface area contributed by atoms with Gasteiger partial charge in [0.05, 0.1) is 11.5 Å². The van der Waals surface area contributed by atoms with Crippen LogP contribution < -0.4 is 4.74 Å². The topological polar surface area (TPSA) is 60.7 Å². The minimum atomic E-state index is 0.247. The standard InChI is InChI=1S/C19H20N2O3S/c1-4-15-5-6-16(25-15)19-20-18(21-24-19)13-7-11(2)17(12(3)8-13)23-10-14-9-22-14/h5-8,14H,4,9-10H2,1-3H3. The molecule has 1 aliphatic heterocycles. The van der Waals surface area contributed by atoms with Crippen LogP contribution in [0.15, 0.2) is 28.8 Å². The van der Waals surface area contributed by atoms with Crippen LogP contribution in [0, 0.1) is 13.8 Å². The van der Waals surface area contributed by atoms with E-state index in [1.54, 1.807) is 11.3 Å². The predicted molar refractivity (Wildman–Crippen MR) is 97.1 cm³/mol. The van der Waals surface area contributed by atoms with Gasteiger partial charge in [-0.25, -0.2) is 0 Å². The zero-order chi connectivity index (χ0) is 17.4. The number of thiophene rings is 1. The second-order valence-electron chi connectivity index (χ2n) is 6.25. The highest BCUT2D eigenvalue weighted by Gasteiger charge is 2.24. The molecule has 4 rings (SSSR count). The second-order valence-corrected chi connectivity index (χ2v) is 7.42. The van der Waals surface area contributed by atoms with Gasteiger partial charge in [-0.1, -0.05) is 12.1 Å². The van der Waals surface area contributed by atoms with Crippen LogP contribution in [-0.4, -0.2) is 29.5 Å². The fraction of sp³-hybridized carbons (Fsp3) is 0.368. The molecule has 130 valence electrons. The molecular formula is C19H20N2O3S.